The molecule has 0 aliphatic heterocycles. The number of carbonyl (C=O) groups excluding carboxylic acids is 1. The fourth-order valence-electron chi connectivity index (χ4n) is 2.87. The lowest BCUT2D eigenvalue weighted by Gasteiger charge is -2.15. The fraction of sp³-hybridized carbons (Fsp3) is 0.238. The molecule has 1 heterocycles. The summed E-state index contributed by atoms with van der Waals surface area (Å²) in [6.07, 6.45) is 1.71. The first kappa shape index (κ1) is 19.4. The number of hydrogen-bond donors (Lipinski definition) is 2. The minimum absolute atomic E-state index is 0.232. The quantitative estimate of drug-likeness (QED) is 0.612. The van der Waals surface area contributed by atoms with Gasteiger partial charge in [0.1, 0.15) is 18.2 Å². The number of amides is 2. The molecule has 1 aromatic heterocycles. The van der Waals surface area contributed by atoms with Gasteiger partial charge in [0.2, 0.25) is 0 Å². The Morgan fingerprint density at radius 2 is 1.89 bits per heavy atom. The van der Waals surface area contributed by atoms with Gasteiger partial charge in [0.25, 0.3) is 0 Å². The van der Waals surface area contributed by atoms with E-state index in [-0.39, 0.29) is 17.9 Å². The van der Waals surface area contributed by atoms with Crippen molar-refractivity contribution in [3.05, 3.63) is 77.9 Å². The predicted octanol–water partition coefficient (Wildman–Crippen LogP) is 3.76. The maximum Gasteiger partial charge on any atom is 0.315 e. The Morgan fingerprint density at radius 3 is 2.61 bits per heavy atom. The molecule has 0 aliphatic carbocycles. The zero-order valence-electron chi connectivity index (χ0n) is 15.9. The standard InChI is InChI=1S/C21H23FN4O2/c1-15(25-21(27)23-12-13-28-19-6-4-3-5-7-19)20-14-24-26(16(20)2)18-10-8-17(22)9-11-18/h3-11,14-15H,12-13H2,1-2H3,(H2,23,25,27)/t15-/m0/s1. The molecule has 0 saturated heterocycles. The third-order valence-corrected chi connectivity index (χ3v) is 4.33. The van der Waals surface area contributed by atoms with Crippen LogP contribution in [0.25, 0.3) is 5.69 Å². The molecule has 2 N–H and O–H groups in total. The maximum absolute atomic E-state index is 13.1. The molecule has 0 saturated carbocycles. The highest BCUT2D eigenvalue weighted by Crippen LogP contribution is 2.20. The second-order valence-corrected chi connectivity index (χ2v) is 6.36. The van der Waals surface area contributed by atoms with Crippen LogP contribution in [0.5, 0.6) is 5.75 Å². The van der Waals surface area contributed by atoms with Gasteiger partial charge in [0.15, 0.2) is 0 Å². The lowest BCUT2D eigenvalue weighted by Crippen LogP contribution is -2.39. The predicted molar refractivity (Wildman–Crippen MR) is 105 cm³/mol. The summed E-state index contributed by atoms with van der Waals surface area (Å²) in [7, 11) is 0. The molecule has 0 unspecified atom stereocenters. The number of halogens is 1. The molecular weight excluding hydrogens is 359 g/mol. The number of nitrogens with zero attached hydrogens (tertiary/aromatic N) is 2. The molecule has 7 heteroatoms. The van der Waals surface area contributed by atoms with E-state index in [0.717, 1.165) is 22.7 Å². The second-order valence-electron chi connectivity index (χ2n) is 6.36. The van der Waals surface area contributed by atoms with Gasteiger partial charge >= 0.3 is 6.03 Å². The second kappa shape index (κ2) is 9.03. The zero-order chi connectivity index (χ0) is 19.9. The van der Waals surface area contributed by atoms with Gasteiger partial charge in [0.05, 0.1) is 24.5 Å². The average Bonchev–Trinajstić information content (AvgIpc) is 3.08. The number of ether oxygens (including phenoxy) is 1. The Balaban J connectivity index is 1.51. The third-order valence-electron chi connectivity index (χ3n) is 4.33. The summed E-state index contributed by atoms with van der Waals surface area (Å²) in [4.78, 5) is 12.1. The van der Waals surface area contributed by atoms with E-state index in [1.807, 2.05) is 44.2 Å². The number of nitrogens with one attached hydrogen (secondary N) is 2. The van der Waals surface area contributed by atoms with Crippen LogP contribution in [0.4, 0.5) is 9.18 Å². The molecule has 6 nitrogen and oxygen atoms in total. The summed E-state index contributed by atoms with van der Waals surface area (Å²) in [6, 6.07) is 15.0. The summed E-state index contributed by atoms with van der Waals surface area (Å²) in [5.74, 6) is 0.471. The van der Waals surface area contributed by atoms with Crippen LogP contribution in [0.3, 0.4) is 0 Å². The summed E-state index contributed by atoms with van der Waals surface area (Å²) < 4.78 is 20.4. The number of aromatic nitrogens is 2. The molecule has 2 aromatic carbocycles. The van der Waals surface area contributed by atoms with Crippen molar-refractivity contribution >= 4 is 6.03 Å². The SMILES string of the molecule is Cc1c([C@H](C)NC(=O)NCCOc2ccccc2)cnn1-c1ccc(F)cc1. The molecule has 28 heavy (non-hydrogen) atoms. The van der Waals surface area contributed by atoms with Crippen molar-refractivity contribution in [3.8, 4) is 11.4 Å². The maximum atomic E-state index is 13.1. The molecule has 2 amide bonds. The van der Waals surface area contributed by atoms with E-state index in [1.165, 1.54) is 12.1 Å². The van der Waals surface area contributed by atoms with Crippen LogP contribution in [0.2, 0.25) is 0 Å². The van der Waals surface area contributed by atoms with Crippen LogP contribution < -0.4 is 15.4 Å². The molecule has 0 fully saturated rings. The van der Waals surface area contributed by atoms with Gasteiger partial charge in [-0.3, -0.25) is 0 Å². The van der Waals surface area contributed by atoms with E-state index in [4.69, 9.17) is 4.74 Å². The lowest BCUT2D eigenvalue weighted by molar-refractivity contribution is 0.233. The van der Waals surface area contributed by atoms with Crippen LogP contribution in [-0.4, -0.2) is 29.0 Å². The van der Waals surface area contributed by atoms with Gasteiger partial charge in [-0.1, -0.05) is 18.2 Å². The normalized spacial score (nSPS) is 11.7. The number of rotatable bonds is 7. The van der Waals surface area contributed by atoms with Crippen molar-refractivity contribution in [2.45, 2.75) is 19.9 Å². The molecular formula is C21H23FN4O2. The molecule has 3 aromatic rings. The molecule has 0 aliphatic rings. The highest BCUT2D eigenvalue weighted by Gasteiger charge is 2.16. The first-order valence-corrected chi connectivity index (χ1v) is 9.07. The van der Waals surface area contributed by atoms with E-state index < -0.39 is 0 Å². The lowest BCUT2D eigenvalue weighted by atomic mass is 10.1. The average molecular weight is 382 g/mol. The van der Waals surface area contributed by atoms with E-state index in [9.17, 15) is 9.18 Å². The van der Waals surface area contributed by atoms with Crippen LogP contribution in [0, 0.1) is 12.7 Å². The van der Waals surface area contributed by atoms with Crippen LogP contribution >= 0.6 is 0 Å². The number of urea groups is 1. The molecule has 0 radical (unpaired) electrons. The van der Waals surface area contributed by atoms with Gasteiger partial charge in [0, 0.05) is 11.3 Å². The number of para-hydroxylation sites is 1. The van der Waals surface area contributed by atoms with E-state index in [1.54, 1.807) is 23.0 Å². The fourth-order valence-corrected chi connectivity index (χ4v) is 2.87. The molecule has 146 valence electrons. The van der Waals surface area contributed by atoms with Crippen molar-refractivity contribution in [1.29, 1.82) is 0 Å². The smallest absolute Gasteiger partial charge is 0.315 e. The van der Waals surface area contributed by atoms with Crippen LogP contribution in [0.15, 0.2) is 60.8 Å². The first-order valence-electron chi connectivity index (χ1n) is 9.07. The third kappa shape index (κ3) is 4.88. The highest BCUT2D eigenvalue weighted by molar-refractivity contribution is 5.74. The van der Waals surface area contributed by atoms with Gasteiger partial charge in [-0.25, -0.2) is 13.9 Å². The Hall–Kier alpha value is -3.35. The first-order chi connectivity index (χ1) is 13.5. The molecule has 3 rings (SSSR count). The minimum atomic E-state index is -0.295. The highest BCUT2D eigenvalue weighted by atomic mass is 19.1. The van der Waals surface area contributed by atoms with Crippen molar-refractivity contribution in [3.63, 3.8) is 0 Å². The number of hydrogen-bond acceptors (Lipinski definition) is 3. The van der Waals surface area contributed by atoms with E-state index >= 15 is 0 Å². The zero-order valence-corrected chi connectivity index (χ0v) is 15.9. The molecule has 0 spiro atoms. The Morgan fingerprint density at radius 1 is 1.18 bits per heavy atom. The summed E-state index contributed by atoms with van der Waals surface area (Å²) in [5.41, 5.74) is 2.53. The summed E-state index contributed by atoms with van der Waals surface area (Å²) in [5, 5.41) is 10.0. The number of carbonyl (C=O) groups is 1. The van der Waals surface area contributed by atoms with Crippen molar-refractivity contribution in [2.75, 3.05) is 13.2 Å². The van der Waals surface area contributed by atoms with E-state index in [0.29, 0.717) is 13.2 Å². The Kier molecular flexibility index (Phi) is 6.26. The van der Waals surface area contributed by atoms with Gasteiger partial charge in [-0.15, -0.1) is 0 Å². The largest absolute Gasteiger partial charge is 0.492 e. The van der Waals surface area contributed by atoms with Crippen molar-refractivity contribution < 1.29 is 13.9 Å². The Labute approximate surface area is 163 Å². The topological polar surface area (TPSA) is 68.2 Å². The molecule has 0 bridgehead atoms. The van der Waals surface area contributed by atoms with Crippen LogP contribution in [0.1, 0.15) is 24.2 Å². The monoisotopic (exact) mass is 382 g/mol. The van der Waals surface area contributed by atoms with Gasteiger partial charge in [-0.2, -0.15) is 5.10 Å². The van der Waals surface area contributed by atoms with Crippen molar-refractivity contribution in [2.24, 2.45) is 0 Å². The van der Waals surface area contributed by atoms with Gasteiger partial charge < -0.3 is 15.4 Å². The van der Waals surface area contributed by atoms with E-state index in [2.05, 4.69) is 15.7 Å². The summed E-state index contributed by atoms with van der Waals surface area (Å²) in [6.45, 7) is 4.57. The Bertz CT molecular complexity index is 910. The minimum Gasteiger partial charge on any atom is -0.492 e. The number of benzene rings is 2. The van der Waals surface area contributed by atoms with Gasteiger partial charge in [-0.05, 0) is 50.2 Å². The summed E-state index contributed by atoms with van der Waals surface area (Å²) >= 11 is 0. The van der Waals surface area contributed by atoms with Crippen molar-refractivity contribution in [1.82, 2.24) is 20.4 Å². The molecule has 1 atom stereocenters. The van der Waals surface area contributed by atoms with Crippen LogP contribution in [-0.2, 0) is 0 Å².